The third-order valence-corrected chi connectivity index (χ3v) is 2.52. The molecule has 2 aromatic rings. The van der Waals surface area contributed by atoms with E-state index in [1.165, 1.54) is 7.11 Å². The average Bonchev–Trinajstić information content (AvgIpc) is 2.97. The number of anilines is 1. The highest BCUT2D eigenvalue weighted by molar-refractivity contribution is 5.86. The molecule has 0 saturated carbocycles. The van der Waals surface area contributed by atoms with Crippen molar-refractivity contribution in [3.63, 3.8) is 0 Å². The molecule has 0 saturated heterocycles. The summed E-state index contributed by atoms with van der Waals surface area (Å²) in [5.41, 5.74) is 0. The molecule has 2 aromatic heterocycles. The Balaban J connectivity index is 2.07. The molecule has 0 aliphatic rings. The van der Waals surface area contributed by atoms with E-state index in [2.05, 4.69) is 15.2 Å². The molecule has 0 spiro atoms. The zero-order chi connectivity index (χ0) is 13.1. The van der Waals surface area contributed by atoms with E-state index in [0.717, 1.165) is 5.82 Å². The van der Waals surface area contributed by atoms with Crippen LogP contribution in [-0.4, -0.2) is 22.9 Å². The third-order valence-electron chi connectivity index (χ3n) is 2.52. The summed E-state index contributed by atoms with van der Waals surface area (Å²) in [6.45, 7) is 1.93. The number of furan rings is 1. The number of ether oxygens (including phenoxy) is 1. The number of carbonyl (C=O) groups excluding carboxylic acids is 1. The fraction of sp³-hybridized carbons (Fsp3) is 0.333. The molecule has 0 radical (unpaired) electrons. The van der Waals surface area contributed by atoms with Gasteiger partial charge in [0.1, 0.15) is 11.6 Å². The second kappa shape index (κ2) is 4.95. The van der Waals surface area contributed by atoms with Crippen LogP contribution in [0.3, 0.4) is 0 Å². The van der Waals surface area contributed by atoms with Crippen molar-refractivity contribution in [1.82, 2.24) is 9.78 Å². The molecular formula is C12H15N3O3. The van der Waals surface area contributed by atoms with Crippen molar-refractivity contribution in [2.45, 2.75) is 13.0 Å². The van der Waals surface area contributed by atoms with Gasteiger partial charge >= 0.3 is 5.97 Å². The predicted octanol–water partition coefficient (Wildman–Crippen LogP) is 1.97. The van der Waals surface area contributed by atoms with Crippen LogP contribution in [0.5, 0.6) is 0 Å². The molecule has 2 heterocycles. The minimum Gasteiger partial charge on any atom is -0.463 e. The van der Waals surface area contributed by atoms with E-state index in [9.17, 15) is 4.79 Å². The molecule has 6 heteroatoms. The van der Waals surface area contributed by atoms with Crippen LogP contribution < -0.4 is 5.32 Å². The van der Waals surface area contributed by atoms with Gasteiger partial charge in [0.25, 0.3) is 0 Å². The van der Waals surface area contributed by atoms with E-state index in [0.29, 0.717) is 5.76 Å². The molecule has 0 amide bonds. The molecule has 0 fully saturated rings. The van der Waals surface area contributed by atoms with Crippen molar-refractivity contribution < 1.29 is 13.9 Å². The lowest BCUT2D eigenvalue weighted by atomic mass is 10.2. The fourth-order valence-electron chi connectivity index (χ4n) is 1.58. The number of carbonyl (C=O) groups is 1. The lowest BCUT2D eigenvalue weighted by molar-refractivity contribution is 0.0562. The van der Waals surface area contributed by atoms with E-state index in [-0.39, 0.29) is 11.8 Å². The first-order chi connectivity index (χ1) is 8.60. The summed E-state index contributed by atoms with van der Waals surface area (Å²) in [5, 5.41) is 7.38. The topological polar surface area (TPSA) is 69.3 Å². The molecule has 1 atom stereocenters. The number of nitrogens with zero attached hydrogens (tertiary/aromatic N) is 2. The van der Waals surface area contributed by atoms with Gasteiger partial charge in [-0.3, -0.25) is 4.68 Å². The van der Waals surface area contributed by atoms with Crippen molar-refractivity contribution in [2.24, 2.45) is 7.05 Å². The first-order valence-electron chi connectivity index (χ1n) is 5.54. The normalized spacial score (nSPS) is 12.2. The van der Waals surface area contributed by atoms with Gasteiger partial charge in [-0.05, 0) is 19.1 Å². The summed E-state index contributed by atoms with van der Waals surface area (Å²) in [7, 11) is 3.16. The summed E-state index contributed by atoms with van der Waals surface area (Å²) in [5.74, 6) is 1.12. The minimum absolute atomic E-state index is 0.0849. The lowest BCUT2D eigenvalue weighted by Gasteiger charge is -2.09. The summed E-state index contributed by atoms with van der Waals surface area (Å²) >= 11 is 0. The Bertz CT molecular complexity index is 544. The highest BCUT2D eigenvalue weighted by atomic mass is 16.5. The van der Waals surface area contributed by atoms with E-state index in [4.69, 9.17) is 4.42 Å². The quantitative estimate of drug-likeness (QED) is 0.839. The Morgan fingerprint density at radius 1 is 1.50 bits per heavy atom. The van der Waals surface area contributed by atoms with Crippen LogP contribution in [0.4, 0.5) is 5.82 Å². The molecule has 1 N–H and O–H groups in total. The summed E-state index contributed by atoms with van der Waals surface area (Å²) in [6.07, 6.45) is 1.84. The smallest absolute Gasteiger partial charge is 0.373 e. The van der Waals surface area contributed by atoms with Crippen molar-refractivity contribution in [1.29, 1.82) is 0 Å². The van der Waals surface area contributed by atoms with Crippen LogP contribution in [0.25, 0.3) is 0 Å². The van der Waals surface area contributed by atoms with Crippen LogP contribution in [0.1, 0.15) is 29.3 Å². The number of aromatic nitrogens is 2. The van der Waals surface area contributed by atoms with E-state index >= 15 is 0 Å². The molecule has 1 unspecified atom stereocenters. The Morgan fingerprint density at radius 3 is 2.89 bits per heavy atom. The number of rotatable bonds is 4. The van der Waals surface area contributed by atoms with Crippen molar-refractivity contribution in [3.8, 4) is 0 Å². The van der Waals surface area contributed by atoms with Crippen molar-refractivity contribution in [2.75, 3.05) is 12.4 Å². The first kappa shape index (κ1) is 12.2. The van der Waals surface area contributed by atoms with Crippen molar-refractivity contribution in [3.05, 3.63) is 35.9 Å². The largest absolute Gasteiger partial charge is 0.463 e. The maximum Gasteiger partial charge on any atom is 0.373 e. The van der Waals surface area contributed by atoms with Gasteiger partial charge in [0.05, 0.1) is 13.2 Å². The molecule has 0 aliphatic carbocycles. The van der Waals surface area contributed by atoms with Crippen LogP contribution in [0.15, 0.2) is 28.8 Å². The number of methoxy groups -OCH3 is 1. The number of hydrogen-bond donors (Lipinski definition) is 1. The van der Waals surface area contributed by atoms with Gasteiger partial charge in [-0.15, -0.1) is 0 Å². The molecule has 96 valence electrons. The third kappa shape index (κ3) is 2.53. The van der Waals surface area contributed by atoms with Gasteiger partial charge in [0, 0.05) is 19.3 Å². The van der Waals surface area contributed by atoms with Crippen LogP contribution in [0.2, 0.25) is 0 Å². The Labute approximate surface area is 105 Å². The number of nitrogens with one attached hydrogen (secondary N) is 1. The van der Waals surface area contributed by atoms with Crippen LogP contribution >= 0.6 is 0 Å². The highest BCUT2D eigenvalue weighted by Crippen LogP contribution is 2.20. The second-order valence-corrected chi connectivity index (χ2v) is 3.93. The van der Waals surface area contributed by atoms with Crippen molar-refractivity contribution >= 4 is 11.8 Å². The standard InChI is InChI=1S/C12H15N3O3/c1-8(13-11-6-7-15(2)14-11)9-4-5-10(18-9)12(16)17-3/h4-8H,1-3H3,(H,13,14). The average molecular weight is 249 g/mol. The highest BCUT2D eigenvalue weighted by Gasteiger charge is 2.15. The molecule has 0 bridgehead atoms. The predicted molar refractivity (Wildman–Crippen MR) is 65.3 cm³/mol. The minimum atomic E-state index is -0.480. The van der Waals surface area contributed by atoms with Gasteiger partial charge in [-0.25, -0.2) is 4.79 Å². The number of aryl methyl sites for hydroxylation is 1. The van der Waals surface area contributed by atoms with Gasteiger partial charge in [-0.1, -0.05) is 0 Å². The van der Waals surface area contributed by atoms with E-state index < -0.39 is 5.97 Å². The molecule has 6 nitrogen and oxygen atoms in total. The fourth-order valence-corrected chi connectivity index (χ4v) is 1.58. The monoisotopic (exact) mass is 249 g/mol. The molecule has 0 aromatic carbocycles. The summed E-state index contributed by atoms with van der Waals surface area (Å²) in [6, 6.07) is 5.11. The SMILES string of the molecule is COC(=O)c1ccc(C(C)Nc2ccn(C)n2)o1. The molecule has 18 heavy (non-hydrogen) atoms. The maximum absolute atomic E-state index is 11.3. The molecular weight excluding hydrogens is 234 g/mol. The zero-order valence-corrected chi connectivity index (χ0v) is 10.5. The Morgan fingerprint density at radius 2 is 2.28 bits per heavy atom. The van der Waals surface area contributed by atoms with Gasteiger partial charge in [0.2, 0.25) is 5.76 Å². The van der Waals surface area contributed by atoms with Crippen LogP contribution in [0, 0.1) is 0 Å². The lowest BCUT2D eigenvalue weighted by Crippen LogP contribution is -2.06. The first-order valence-corrected chi connectivity index (χ1v) is 5.54. The molecule has 0 aliphatic heterocycles. The Hall–Kier alpha value is -2.24. The Kier molecular flexibility index (Phi) is 3.36. The second-order valence-electron chi connectivity index (χ2n) is 3.93. The van der Waals surface area contributed by atoms with Gasteiger partial charge in [0.15, 0.2) is 0 Å². The van der Waals surface area contributed by atoms with Gasteiger partial charge < -0.3 is 14.5 Å². The van der Waals surface area contributed by atoms with E-state index in [1.54, 1.807) is 16.8 Å². The zero-order valence-electron chi connectivity index (χ0n) is 10.5. The summed E-state index contributed by atoms with van der Waals surface area (Å²) in [4.78, 5) is 11.3. The van der Waals surface area contributed by atoms with Gasteiger partial charge in [-0.2, -0.15) is 5.10 Å². The van der Waals surface area contributed by atoms with Crippen LogP contribution in [-0.2, 0) is 11.8 Å². The summed E-state index contributed by atoms with van der Waals surface area (Å²) < 4.78 is 11.7. The van der Waals surface area contributed by atoms with E-state index in [1.807, 2.05) is 26.2 Å². The molecule has 2 rings (SSSR count). The number of hydrogen-bond acceptors (Lipinski definition) is 5. The maximum atomic E-state index is 11.3. The number of esters is 1.